The van der Waals surface area contributed by atoms with E-state index in [9.17, 15) is 0 Å². The maximum Gasteiger partial charge on any atom is 0.126 e. The monoisotopic (exact) mass is 257 g/mol. The standard InChI is InChI=1S/C15H19N3O/c1-3-19-15-6-4-5-11-12(15)7-14-13(11)8-17-18(14)9-10(2)16/h4,6-8,10H,3,5,9,16H2,1-2H3/t10-/m0/s1. The fourth-order valence-electron chi connectivity index (χ4n) is 2.66. The molecule has 1 aromatic heterocycles. The lowest BCUT2D eigenvalue weighted by Gasteiger charge is -2.14. The lowest BCUT2D eigenvalue weighted by molar-refractivity contribution is 0.241. The predicted molar refractivity (Wildman–Crippen MR) is 75.4 cm³/mol. The number of ether oxygens (including phenoxy) is 1. The van der Waals surface area contributed by atoms with Crippen molar-refractivity contribution >= 4 is 11.6 Å². The van der Waals surface area contributed by atoms with Crippen LogP contribution in [0.4, 0.5) is 0 Å². The molecule has 19 heavy (non-hydrogen) atoms. The first kappa shape index (κ1) is 12.2. The summed E-state index contributed by atoms with van der Waals surface area (Å²) in [5.41, 5.74) is 8.39. The molecule has 0 amide bonds. The van der Waals surface area contributed by atoms with Gasteiger partial charge in [0.1, 0.15) is 5.76 Å². The van der Waals surface area contributed by atoms with E-state index >= 15 is 0 Å². The number of hydrogen-bond acceptors (Lipinski definition) is 3. The van der Waals surface area contributed by atoms with Gasteiger partial charge in [-0.1, -0.05) is 6.08 Å². The predicted octanol–water partition coefficient (Wildman–Crippen LogP) is 0.426. The van der Waals surface area contributed by atoms with E-state index in [0.29, 0.717) is 6.61 Å². The quantitative estimate of drug-likeness (QED) is 0.851. The molecule has 0 saturated carbocycles. The van der Waals surface area contributed by atoms with Crippen LogP contribution in [-0.2, 0) is 11.3 Å². The Hall–Kier alpha value is -1.81. The Morgan fingerprint density at radius 1 is 1.53 bits per heavy atom. The van der Waals surface area contributed by atoms with E-state index in [-0.39, 0.29) is 6.04 Å². The third-order valence-corrected chi connectivity index (χ3v) is 3.43. The zero-order valence-corrected chi connectivity index (χ0v) is 11.4. The molecule has 1 aromatic rings. The number of rotatable bonds is 4. The van der Waals surface area contributed by atoms with Gasteiger partial charge >= 0.3 is 0 Å². The van der Waals surface area contributed by atoms with Crippen molar-refractivity contribution in [3.05, 3.63) is 40.2 Å². The van der Waals surface area contributed by atoms with Gasteiger partial charge in [0.15, 0.2) is 0 Å². The zero-order valence-electron chi connectivity index (χ0n) is 11.4. The van der Waals surface area contributed by atoms with Gasteiger partial charge in [0.05, 0.1) is 24.7 Å². The molecule has 4 heteroatoms. The minimum atomic E-state index is 0.100. The van der Waals surface area contributed by atoms with Crippen LogP contribution < -0.4 is 16.3 Å². The Balaban J connectivity index is 2.13. The third-order valence-electron chi connectivity index (χ3n) is 3.43. The first-order valence-corrected chi connectivity index (χ1v) is 6.77. The van der Waals surface area contributed by atoms with Gasteiger partial charge in [0.25, 0.3) is 0 Å². The summed E-state index contributed by atoms with van der Waals surface area (Å²) in [7, 11) is 0. The molecular formula is C15H19N3O. The fraction of sp³-hybridized carbons (Fsp3) is 0.400. The summed E-state index contributed by atoms with van der Waals surface area (Å²) >= 11 is 0. The van der Waals surface area contributed by atoms with Crippen LogP contribution in [0, 0.1) is 0 Å². The highest BCUT2D eigenvalue weighted by Crippen LogP contribution is 2.28. The first-order chi connectivity index (χ1) is 9.20. The minimum Gasteiger partial charge on any atom is -0.493 e. The average molecular weight is 257 g/mol. The van der Waals surface area contributed by atoms with Gasteiger partial charge in [0, 0.05) is 16.8 Å². The van der Waals surface area contributed by atoms with Crippen molar-refractivity contribution in [2.45, 2.75) is 32.9 Å². The first-order valence-electron chi connectivity index (χ1n) is 6.77. The second-order valence-corrected chi connectivity index (χ2v) is 5.04. The molecule has 0 unspecified atom stereocenters. The van der Waals surface area contributed by atoms with Crippen LogP contribution >= 0.6 is 0 Å². The largest absolute Gasteiger partial charge is 0.493 e. The van der Waals surface area contributed by atoms with Crippen molar-refractivity contribution in [3.63, 3.8) is 0 Å². The molecule has 0 radical (unpaired) electrons. The molecule has 0 saturated heterocycles. The highest BCUT2D eigenvalue weighted by atomic mass is 16.5. The van der Waals surface area contributed by atoms with Crippen molar-refractivity contribution < 1.29 is 4.74 Å². The number of fused-ring (bicyclic) bond motifs is 2. The molecule has 0 aliphatic heterocycles. The van der Waals surface area contributed by atoms with Crippen molar-refractivity contribution in [2.75, 3.05) is 6.61 Å². The number of allylic oxidation sites excluding steroid dienone is 3. The van der Waals surface area contributed by atoms with Gasteiger partial charge in [-0.25, -0.2) is 0 Å². The van der Waals surface area contributed by atoms with Crippen LogP contribution in [0.2, 0.25) is 0 Å². The van der Waals surface area contributed by atoms with E-state index in [1.54, 1.807) is 0 Å². The molecule has 100 valence electrons. The second-order valence-electron chi connectivity index (χ2n) is 5.04. The Labute approximate surface area is 112 Å². The smallest absolute Gasteiger partial charge is 0.126 e. The van der Waals surface area contributed by atoms with Gasteiger partial charge < -0.3 is 10.5 Å². The Morgan fingerprint density at radius 2 is 2.37 bits per heavy atom. The van der Waals surface area contributed by atoms with Gasteiger partial charge in [-0.05, 0) is 38.0 Å². The van der Waals surface area contributed by atoms with Crippen LogP contribution in [-0.4, -0.2) is 22.4 Å². The molecule has 0 spiro atoms. The number of nitrogens with zero attached hydrogens (tertiary/aromatic N) is 2. The summed E-state index contributed by atoms with van der Waals surface area (Å²) in [5.74, 6) is 0.965. The summed E-state index contributed by atoms with van der Waals surface area (Å²) < 4.78 is 7.69. The van der Waals surface area contributed by atoms with Gasteiger partial charge in [-0.2, -0.15) is 5.10 Å². The van der Waals surface area contributed by atoms with Crippen LogP contribution in [0.25, 0.3) is 11.6 Å². The number of hydrogen-bond donors (Lipinski definition) is 1. The summed E-state index contributed by atoms with van der Waals surface area (Å²) in [4.78, 5) is 0. The second kappa shape index (κ2) is 4.70. The van der Waals surface area contributed by atoms with Crippen LogP contribution in [0.5, 0.6) is 0 Å². The highest BCUT2D eigenvalue weighted by molar-refractivity contribution is 5.84. The lowest BCUT2D eigenvalue weighted by atomic mass is 9.99. The minimum absolute atomic E-state index is 0.100. The van der Waals surface area contributed by atoms with Crippen molar-refractivity contribution in [1.82, 2.24) is 9.78 Å². The Kier molecular flexibility index (Phi) is 3.03. The molecule has 1 atom stereocenters. The average Bonchev–Trinajstić information content (AvgIpc) is 2.91. The highest BCUT2D eigenvalue weighted by Gasteiger charge is 2.20. The summed E-state index contributed by atoms with van der Waals surface area (Å²) in [5, 5.41) is 6.81. The molecule has 2 aliphatic rings. The lowest BCUT2D eigenvalue weighted by Crippen LogP contribution is -2.33. The molecule has 0 aromatic carbocycles. The molecule has 3 rings (SSSR count). The SMILES string of the molecule is CCOC1=C2C=c3c(cnn3C[C@H](C)N)=C2CC=C1. The Bertz CT molecular complexity index is 677. The van der Waals surface area contributed by atoms with E-state index in [2.05, 4.69) is 23.3 Å². The number of nitrogens with two attached hydrogens (primary N) is 1. The van der Waals surface area contributed by atoms with Gasteiger partial charge in [-0.15, -0.1) is 0 Å². The van der Waals surface area contributed by atoms with E-state index in [1.165, 1.54) is 16.4 Å². The molecule has 0 fully saturated rings. The van der Waals surface area contributed by atoms with Crippen molar-refractivity contribution in [2.24, 2.45) is 5.73 Å². The maximum atomic E-state index is 5.87. The normalized spacial score (nSPS) is 18.2. The maximum absolute atomic E-state index is 5.87. The van der Waals surface area contributed by atoms with E-state index < -0.39 is 0 Å². The molecule has 2 N–H and O–H groups in total. The molecule has 1 heterocycles. The molecule has 4 nitrogen and oxygen atoms in total. The van der Waals surface area contributed by atoms with Crippen LogP contribution in [0.15, 0.2) is 29.7 Å². The van der Waals surface area contributed by atoms with E-state index in [4.69, 9.17) is 10.5 Å². The summed E-state index contributed by atoms with van der Waals surface area (Å²) in [6.45, 7) is 5.43. The third kappa shape index (κ3) is 2.02. The topological polar surface area (TPSA) is 53.1 Å². The van der Waals surface area contributed by atoms with E-state index in [0.717, 1.165) is 24.1 Å². The molecule has 0 bridgehead atoms. The van der Waals surface area contributed by atoms with Crippen molar-refractivity contribution in [3.8, 4) is 0 Å². The summed E-state index contributed by atoms with van der Waals surface area (Å²) in [6.07, 6.45) is 9.27. The van der Waals surface area contributed by atoms with Crippen LogP contribution in [0.1, 0.15) is 20.3 Å². The fourth-order valence-corrected chi connectivity index (χ4v) is 2.66. The van der Waals surface area contributed by atoms with Gasteiger partial charge in [0.2, 0.25) is 0 Å². The number of aromatic nitrogens is 2. The Morgan fingerprint density at radius 3 is 3.11 bits per heavy atom. The van der Waals surface area contributed by atoms with Crippen LogP contribution in [0.3, 0.4) is 0 Å². The zero-order chi connectivity index (χ0) is 13.4. The summed E-state index contributed by atoms with van der Waals surface area (Å²) in [6, 6.07) is 0.100. The van der Waals surface area contributed by atoms with Gasteiger partial charge in [-0.3, -0.25) is 4.68 Å². The van der Waals surface area contributed by atoms with E-state index in [1.807, 2.05) is 24.7 Å². The molecular weight excluding hydrogens is 238 g/mol. The van der Waals surface area contributed by atoms with Crippen molar-refractivity contribution in [1.29, 1.82) is 0 Å². The molecule has 2 aliphatic carbocycles.